The summed E-state index contributed by atoms with van der Waals surface area (Å²) in [5, 5.41) is 15.6. The van der Waals surface area contributed by atoms with Crippen LogP contribution in [0.1, 0.15) is 86.5 Å². The first-order chi connectivity index (χ1) is 48.5. The first kappa shape index (κ1) is 55.2. The molecule has 0 unspecified atom stereocenters. The Kier molecular flexibility index (Phi) is 11.5. The number of thiophene rings is 1. The van der Waals surface area contributed by atoms with Crippen LogP contribution in [-0.4, -0.2) is 0 Å². The zero-order valence-electron chi connectivity index (χ0n) is 54.9. The van der Waals surface area contributed by atoms with Gasteiger partial charge in [-0.15, -0.1) is 11.3 Å². The monoisotopic (exact) mass is 1270 g/mol. The van der Waals surface area contributed by atoms with Gasteiger partial charge in [0.1, 0.15) is 11.2 Å². The highest BCUT2D eigenvalue weighted by molar-refractivity contribution is 7.25. The van der Waals surface area contributed by atoms with Crippen molar-refractivity contribution in [1.82, 2.24) is 0 Å². The van der Waals surface area contributed by atoms with E-state index in [1.54, 1.807) is 22.3 Å². The lowest BCUT2D eigenvalue weighted by Gasteiger charge is -2.61. The predicted molar refractivity (Wildman–Crippen MR) is 411 cm³/mol. The first-order valence-electron chi connectivity index (χ1n) is 36.7. The highest BCUT2D eigenvalue weighted by Crippen LogP contribution is 2.72. The fourth-order valence-electron chi connectivity index (χ4n) is 24.0. The summed E-state index contributed by atoms with van der Waals surface area (Å²) < 4.78 is 9.12. The van der Waals surface area contributed by atoms with Crippen molar-refractivity contribution in [3.8, 4) is 66.8 Å². The molecule has 8 bridgehead atoms. The predicted octanol–water partition coefficient (Wildman–Crippen LogP) is 26.4. The van der Waals surface area contributed by atoms with E-state index >= 15 is 0 Å². The minimum Gasteiger partial charge on any atom is -0.456 e. The molecule has 14 aromatic carbocycles. The van der Waals surface area contributed by atoms with Gasteiger partial charge in [0.25, 0.3) is 0 Å². The van der Waals surface area contributed by atoms with Crippen LogP contribution < -0.4 is 0 Å². The SMILES string of the molecule is c1ccc2c(c1)-c1c(-c3c4ccccc4c(-c4ccc5c(c4)oc4ccccc45)c4ccccc34)cccc1C21C2CC3CC(C2)CC1C3.c1ccc2c(c1)-c1c(-c3c4ccccc4c(-c4ccc5c(c4)sc4ccccc45)c4ccccc34)cccc1C21C2CC3CC(C2)CC1C3. The van der Waals surface area contributed by atoms with Crippen LogP contribution >= 0.6 is 11.3 Å². The topological polar surface area (TPSA) is 13.1 Å². The molecule has 26 rings (SSSR count). The van der Waals surface area contributed by atoms with Gasteiger partial charge in [-0.25, -0.2) is 0 Å². The van der Waals surface area contributed by atoms with E-state index < -0.39 is 0 Å². The van der Waals surface area contributed by atoms with Crippen LogP contribution in [-0.2, 0) is 10.8 Å². The van der Waals surface area contributed by atoms with E-state index in [2.05, 4.69) is 267 Å². The van der Waals surface area contributed by atoms with Crippen molar-refractivity contribution in [2.45, 2.75) is 75.0 Å². The molecule has 1 nitrogen and oxygen atoms in total. The summed E-state index contributed by atoms with van der Waals surface area (Å²) in [6.07, 6.45) is 14.2. The number of benzene rings is 14. The molecule has 2 aromatic heterocycles. The van der Waals surface area contributed by atoms with Crippen LogP contribution in [0.15, 0.2) is 271 Å². The number of rotatable bonds is 4. The lowest BCUT2D eigenvalue weighted by molar-refractivity contribution is -0.0399. The van der Waals surface area contributed by atoms with Crippen molar-refractivity contribution in [3.63, 3.8) is 0 Å². The lowest BCUT2D eigenvalue weighted by Crippen LogP contribution is -2.55. The van der Waals surface area contributed by atoms with Gasteiger partial charge in [-0.3, -0.25) is 0 Å². The fraction of sp³-hybridized carbons (Fsp3) is 0.208. The van der Waals surface area contributed by atoms with Crippen LogP contribution in [0.2, 0.25) is 0 Å². The molecule has 2 heterocycles. The summed E-state index contributed by atoms with van der Waals surface area (Å²) in [4.78, 5) is 0. The van der Waals surface area contributed by atoms with Crippen molar-refractivity contribution in [1.29, 1.82) is 0 Å². The molecule has 16 aromatic rings. The Morgan fingerprint density at radius 2 is 0.571 bits per heavy atom. The van der Waals surface area contributed by atoms with Gasteiger partial charge in [-0.2, -0.15) is 0 Å². The summed E-state index contributed by atoms with van der Waals surface area (Å²) in [5.74, 6) is 6.80. The van der Waals surface area contributed by atoms with E-state index in [-0.39, 0.29) is 10.8 Å². The molecule has 0 aliphatic heterocycles. The summed E-state index contributed by atoms with van der Waals surface area (Å²) in [7, 11) is 0. The minimum absolute atomic E-state index is 0.156. The Balaban J connectivity index is 0.000000122. The lowest BCUT2D eigenvalue weighted by atomic mass is 9.43. The van der Waals surface area contributed by atoms with E-state index in [0.717, 1.165) is 58.5 Å². The molecule has 0 N–H and O–H groups in total. The third-order valence-electron chi connectivity index (χ3n) is 26.9. The normalized spacial score (nSPS) is 24.8. The molecule has 8 fully saturated rings. The Labute approximate surface area is 575 Å². The second kappa shape index (κ2) is 20.4. The Morgan fingerprint density at radius 3 is 1.04 bits per heavy atom. The molecule has 10 aliphatic rings. The zero-order valence-corrected chi connectivity index (χ0v) is 55.7. The highest BCUT2D eigenvalue weighted by Gasteiger charge is 2.63. The zero-order chi connectivity index (χ0) is 63.7. The van der Waals surface area contributed by atoms with Crippen molar-refractivity contribution in [2.24, 2.45) is 47.3 Å². The van der Waals surface area contributed by atoms with Gasteiger partial charge in [-0.05, 0) is 274 Å². The van der Waals surface area contributed by atoms with Crippen LogP contribution in [0.25, 0.3) is 152 Å². The average Bonchev–Trinajstić information content (AvgIpc) is 1.49. The van der Waals surface area contributed by atoms with Crippen molar-refractivity contribution in [3.05, 3.63) is 289 Å². The van der Waals surface area contributed by atoms with Crippen molar-refractivity contribution >= 4 is 96.5 Å². The highest BCUT2D eigenvalue weighted by atomic mass is 32.1. The molecule has 2 heteroatoms. The van der Waals surface area contributed by atoms with E-state index in [9.17, 15) is 0 Å². The summed E-state index contributed by atoms with van der Waals surface area (Å²) in [6, 6.07) is 102. The second-order valence-corrected chi connectivity index (χ2v) is 32.3. The number of para-hydroxylation sites is 1. The summed E-state index contributed by atoms with van der Waals surface area (Å²) in [6.45, 7) is 0. The van der Waals surface area contributed by atoms with Crippen LogP contribution in [0, 0.1) is 47.3 Å². The summed E-state index contributed by atoms with van der Waals surface area (Å²) >= 11 is 1.91. The van der Waals surface area contributed by atoms with Crippen molar-refractivity contribution < 1.29 is 4.42 Å². The number of hydrogen-bond donors (Lipinski definition) is 0. The average molecular weight is 1270 g/mol. The molecular weight excluding hydrogens is 1200 g/mol. The first-order valence-corrected chi connectivity index (χ1v) is 37.5. The smallest absolute Gasteiger partial charge is 0.136 e. The van der Waals surface area contributed by atoms with Gasteiger partial charge in [0.2, 0.25) is 0 Å². The molecular formula is C96H72OS. The van der Waals surface area contributed by atoms with E-state index in [0.29, 0.717) is 0 Å². The van der Waals surface area contributed by atoms with Gasteiger partial charge in [0, 0.05) is 41.8 Å². The molecule has 0 saturated heterocycles. The van der Waals surface area contributed by atoms with Crippen LogP contribution in [0.5, 0.6) is 0 Å². The van der Waals surface area contributed by atoms with Gasteiger partial charge >= 0.3 is 0 Å². The standard InChI is InChI=1S/C48H36O.C48H36S/c2*1-3-13-37-35(11-1)45(30-20-21-34-33-10-6-8-19-43(33)49-44(34)27-30)36-12-2-4-14-38(36)46(37)40-16-9-18-42-47(40)39-15-5-7-17-41(39)48(42)31-23-28-22-29(25-31)26-32(48)24-28/h2*1-21,27-29,31-32H,22-26H2. The van der Waals surface area contributed by atoms with Gasteiger partial charge in [0.15, 0.2) is 0 Å². The van der Waals surface area contributed by atoms with E-state index in [4.69, 9.17) is 4.42 Å². The van der Waals surface area contributed by atoms with Crippen LogP contribution in [0.4, 0.5) is 0 Å². The Bertz CT molecular complexity index is 5580. The fourth-order valence-corrected chi connectivity index (χ4v) is 25.2. The molecule has 98 heavy (non-hydrogen) atoms. The second-order valence-electron chi connectivity index (χ2n) is 31.2. The molecule has 8 saturated carbocycles. The van der Waals surface area contributed by atoms with E-state index in [1.165, 1.54) is 205 Å². The largest absolute Gasteiger partial charge is 0.456 e. The van der Waals surface area contributed by atoms with Crippen molar-refractivity contribution in [2.75, 3.05) is 0 Å². The van der Waals surface area contributed by atoms with E-state index in [1.807, 2.05) is 11.3 Å². The minimum atomic E-state index is 0.156. The quantitative estimate of drug-likeness (QED) is 0.160. The molecule has 0 radical (unpaired) electrons. The number of hydrogen-bond acceptors (Lipinski definition) is 2. The third kappa shape index (κ3) is 7.32. The molecule has 0 amide bonds. The molecule has 2 spiro atoms. The molecule has 0 atom stereocenters. The Morgan fingerprint density at radius 1 is 0.235 bits per heavy atom. The van der Waals surface area contributed by atoms with Gasteiger partial charge in [0.05, 0.1) is 0 Å². The number of fused-ring (bicyclic) bond motifs is 16. The maximum atomic E-state index is 6.41. The van der Waals surface area contributed by atoms with Crippen LogP contribution in [0.3, 0.4) is 0 Å². The Hall–Kier alpha value is -9.86. The van der Waals surface area contributed by atoms with Gasteiger partial charge in [-0.1, -0.05) is 237 Å². The maximum Gasteiger partial charge on any atom is 0.136 e. The third-order valence-corrected chi connectivity index (χ3v) is 28.0. The summed E-state index contributed by atoms with van der Waals surface area (Å²) in [5.41, 5.74) is 25.4. The van der Waals surface area contributed by atoms with Gasteiger partial charge < -0.3 is 4.42 Å². The molecule has 10 aliphatic carbocycles. The number of furan rings is 1. The maximum absolute atomic E-state index is 6.41. The molecule has 468 valence electrons.